The van der Waals surface area contributed by atoms with Crippen LogP contribution < -0.4 is 4.90 Å². The molecule has 2 heteroatoms. The van der Waals surface area contributed by atoms with E-state index < -0.39 is 0 Å². The Balaban J connectivity index is 0.934. The molecule has 0 atom stereocenters. The molecule has 58 heavy (non-hydrogen) atoms. The van der Waals surface area contributed by atoms with E-state index in [-0.39, 0.29) is 0 Å². The number of hydrogen-bond donors (Lipinski definition) is 0. The van der Waals surface area contributed by atoms with Gasteiger partial charge in [-0.3, -0.25) is 0 Å². The van der Waals surface area contributed by atoms with Gasteiger partial charge in [0.1, 0.15) is 0 Å². The van der Waals surface area contributed by atoms with Crippen LogP contribution in [0.1, 0.15) is 0 Å². The number of hydrogen-bond acceptors (Lipinski definition) is 2. The van der Waals surface area contributed by atoms with E-state index in [2.05, 4.69) is 241 Å². The minimum Gasteiger partial charge on any atom is -0.311 e. The first-order valence-electron chi connectivity index (χ1n) is 19.7. The van der Waals surface area contributed by atoms with E-state index >= 15 is 0 Å². The van der Waals surface area contributed by atoms with Crippen molar-refractivity contribution in [3.05, 3.63) is 237 Å². The second kappa shape index (κ2) is 15.7. The van der Waals surface area contributed by atoms with Crippen LogP contribution in [-0.4, -0.2) is 0 Å². The van der Waals surface area contributed by atoms with Crippen LogP contribution in [0.5, 0.6) is 0 Å². The largest absolute Gasteiger partial charge is 0.311 e. The summed E-state index contributed by atoms with van der Waals surface area (Å²) >= 11 is 1.84. The molecule has 1 nitrogen and oxygen atoms in total. The van der Waals surface area contributed by atoms with Crippen LogP contribution in [-0.2, 0) is 0 Å². The van der Waals surface area contributed by atoms with E-state index in [0.717, 1.165) is 17.1 Å². The maximum atomic E-state index is 2.35. The van der Waals surface area contributed by atoms with E-state index in [1.807, 2.05) is 11.3 Å². The van der Waals surface area contributed by atoms with Crippen molar-refractivity contribution in [2.24, 2.45) is 0 Å². The summed E-state index contributed by atoms with van der Waals surface area (Å²) in [5.41, 5.74) is 16.7. The van der Waals surface area contributed by atoms with Crippen molar-refractivity contribution >= 4 is 38.5 Å². The molecule has 0 saturated heterocycles. The first-order valence-corrected chi connectivity index (χ1v) is 20.5. The average Bonchev–Trinajstić information content (AvgIpc) is 3.75. The molecule has 10 aromatic rings. The maximum Gasteiger partial charge on any atom is 0.0462 e. The van der Waals surface area contributed by atoms with Gasteiger partial charge in [-0.2, -0.15) is 0 Å². The Kier molecular flexibility index (Phi) is 9.52. The summed E-state index contributed by atoms with van der Waals surface area (Å²) in [5.74, 6) is 0. The molecule has 0 radical (unpaired) electrons. The smallest absolute Gasteiger partial charge is 0.0462 e. The minimum absolute atomic E-state index is 1.11. The van der Waals surface area contributed by atoms with Crippen LogP contribution in [0.2, 0.25) is 0 Å². The van der Waals surface area contributed by atoms with E-state index in [9.17, 15) is 0 Å². The molecule has 1 aromatic heterocycles. The number of thiophene rings is 1. The molecule has 0 unspecified atom stereocenters. The third-order valence-corrected chi connectivity index (χ3v) is 12.1. The average molecular weight is 758 g/mol. The van der Waals surface area contributed by atoms with Gasteiger partial charge in [0, 0.05) is 26.6 Å². The van der Waals surface area contributed by atoms with Crippen molar-refractivity contribution in [1.82, 2.24) is 0 Å². The Morgan fingerprint density at radius 3 is 0.862 bits per heavy atom. The van der Waals surface area contributed by atoms with Crippen molar-refractivity contribution in [2.75, 3.05) is 4.90 Å². The van der Waals surface area contributed by atoms with Crippen LogP contribution in [0.3, 0.4) is 0 Å². The molecule has 0 aliphatic rings. The van der Waals surface area contributed by atoms with Gasteiger partial charge in [0.2, 0.25) is 0 Å². The third kappa shape index (κ3) is 7.25. The van der Waals surface area contributed by atoms with Gasteiger partial charge in [0.05, 0.1) is 0 Å². The van der Waals surface area contributed by atoms with Crippen molar-refractivity contribution < 1.29 is 0 Å². The Bertz CT molecular complexity index is 2880. The highest BCUT2D eigenvalue weighted by Crippen LogP contribution is 2.40. The highest BCUT2D eigenvalue weighted by molar-refractivity contribution is 7.22. The highest BCUT2D eigenvalue weighted by Gasteiger charge is 2.15. The Labute approximate surface area is 344 Å². The number of rotatable bonds is 9. The summed E-state index contributed by atoms with van der Waals surface area (Å²) in [6, 6.07) is 85.4. The van der Waals surface area contributed by atoms with Gasteiger partial charge < -0.3 is 4.90 Å². The predicted octanol–water partition coefficient (Wildman–Crippen LogP) is 16.4. The first-order chi connectivity index (χ1) is 28.7. The van der Waals surface area contributed by atoms with E-state index in [0.29, 0.717) is 0 Å². The Morgan fingerprint density at radius 1 is 0.241 bits per heavy atom. The first kappa shape index (κ1) is 35.2. The molecular formula is C56H39NS. The molecule has 0 amide bonds. The van der Waals surface area contributed by atoms with E-state index in [1.165, 1.54) is 76.2 Å². The number of benzene rings is 9. The molecule has 274 valence electrons. The molecule has 0 spiro atoms. The summed E-state index contributed by atoms with van der Waals surface area (Å²) in [4.78, 5) is 3.63. The van der Waals surface area contributed by atoms with E-state index in [4.69, 9.17) is 0 Å². The summed E-state index contributed by atoms with van der Waals surface area (Å²) in [5, 5.41) is 1.29. The fourth-order valence-electron chi connectivity index (χ4n) is 7.78. The van der Waals surface area contributed by atoms with Gasteiger partial charge in [-0.15, -0.1) is 11.3 Å². The van der Waals surface area contributed by atoms with Gasteiger partial charge in [0.25, 0.3) is 0 Å². The molecule has 0 bridgehead atoms. The standard InChI is InChI=1S/C56H39NS/c1-3-9-40(10-4-1)42-15-19-44(20-16-42)45-23-25-47(26-24-45)49-29-35-53(36-30-49)57(54-37-31-50(32-38-54)56-39-51-13-7-8-14-55(51)58-56)52-33-27-48(28-34-52)46-21-17-43(18-22-46)41-11-5-2-6-12-41/h1-39H. The lowest BCUT2D eigenvalue weighted by molar-refractivity contribution is 1.28. The van der Waals surface area contributed by atoms with Crippen molar-refractivity contribution in [2.45, 2.75) is 0 Å². The predicted molar refractivity (Wildman–Crippen MR) is 249 cm³/mol. The van der Waals surface area contributed by atoms with Crippen LogP contribution in [0.25, 0.3) is 76.2 Å². The minimum atomic E-state index is 1.11. The maximum absolute atomic E-state index is 2.35. The highest BCUT2D eigenvalue weighted by atomic mass is 32.1. The zero-order valence-electron chi connectivity index (χ0n) is 31.9. The molecule has 0 aliphatic heterocycles. The van der Waals surface area contributed by atoms with Crippen molar-refractivity contribution in [3.8, 4) is 66.1 Å². The number of fused-ring (bicyclic) bond motifs is 1. The molecule has 0 N–H and O–H groups in total. The molecular weight excluding hydrogens is 719 g/mol. The molecule has 0 saturated carbocycles. The van der Waals surface area contributed by atoms with Crippen LogP contribution in [0.15, 0.2) is 237 Å². The normalized spacial score (nSPS) is 11.1. The molecule has 9 aromatic carbocycles. The fourth-order valence-corrected chi connectivity index (χ4v) is 8.85. The summed E-state index contributed by atoms with van der Waals surface area (Å²) in [6.07, 6.45) is 0. The molecule has 0 fully saturated rings. The van der Waals surface area contributed by atoms with Gasteiger partial charge in [-0.1, -0.05) is 188 Å². The summed E-state index contributed by atoms with van der Waals surface area (Å²) in [7, 11) is 0. The van der Waals surface area contributed by atoms with Gasteiger partial charge in [-0.25, -0.2) is 0 Å². The molecule has 0 aliphatic carbocycles. The van der Waals surface area contributed by atoms with Gasteiger partial charge >= 0.3 is 0 Å². The van der Waals surface area contributed by atoms with Crippen LogP contribution in [0.4, 0.5) is 17.1 Å². The lowest BCUT2D eigenvalue weighted by atomic mass is 9.98. The zero-order chi connectivity index (χ0) is 38.7. The lowest BCUT2D eigenvalue weighted by Gasteiger charge is -2.26. The third-order valence-electron chi connectivity index (χ3n) is 11.0. The van der Waals surface area contributed by atoms with Gasteiger partial charge in [-0.05, 0) is 115 Å². The van der Waals surface area contributed by atoms with Gasteiger partial charge in [0.15, 0.2) is 0 Å². The second-order valence-corrected chi connectivity index (χ2v) is 15.7. The summed E-state index contributed by atoms with van der Waals surface area (Å²) < 4.78 is 1.31. The molecule has 10 rings (SSSR count). The van der Waals surface area contributed by atoms with E-state index in [1.54, 1.807) is 0 Å². The van der Waals surface area contributed by atoms with Crippen LogP contribution >= 0.6 is 11.3 Å². The summed E-state index contributed by atoms with van der Waals surface area (Å²) in [6.45, 7) is 0. The second-order valence-electron chi connectivity index (χ2n) is 14.6. The number of nitrogens with zero attached hydrogens (tertiary/aromatic N) is 1. The monoisotopic (exact) mass is 757 g/mol. The zero-order valence-corrected chi connectivity index (χ0v) is 32.7. The Hall–Kier alpha value is -7.26. The lowest BCUT2D eigenvalue weighted by Crippen LogP contribution is -2.09. The Morgan fingerprint density at radius 2 is 0.517 bits per heavy atom. The van der Waals surface area contributed by atoms with Crippen molar-refractivity contribution in [1.29, 1.82) is 0 Å². The quantitative estimate of drug-likeness (QED) is 0.142. The SMILES string of the molecule is c1ccc(-c2ccc(-c3ccc(-c4ccc(N(c5ccc(-c6ccc(-c7ccccc7)cc6)cc5)c5ccc(-c6cc7ccccc7s6)cc5)cc4)cc3)cc2)cc1. The molecule has 1 heterocycles. The topological polar surface area (TPSA) is 3.24 Å². The number of anilines is 3. The van der Waals surface area contributed by atoms with Crippen LogP contribution in [0, 0.1) is 0 Å². The van der Waals surface area contributed by atoms with Crippen molar-refractivity contribution in [3.63, 3.8) is 0 Å². The fraction of sp³-hybridized carbons (Fsp3) is 0.